The molecule has 0 unspecified atom stereocenters. The average Bonchev–Trinajstić information content (AvgIpc) is 3.19. The number of rotatable bonds is 46. The van der Waals surface area contributed by atoms with Crippen LogP contribution in [0.25, 0.3) is 0 Å². The minimum atomic E-state index is -0.689. The van der Waals surface area contributed by atoms with Crippen LogP contribution in [0.5, 0.6) is 0 Å². The maximum absolute atomic E-state index is 9.39. The van der Waals surface area contributed by atoms with Crippen LogP contribution in [-0.4, -0.2) is 83.5 Å². The van der Waals surface area contributed by atoms with Crippen LogP contribution >= 0.6 is 0 Å². The quantitative estimate of drug-likeness (QED) is 0.0341. The summed E-state index contributed by atoms with van der Waals surface area (Å²) >= 11 is 0. The van der Waals surface area contributed by atoms with E-state index < -0.39 is 10.8 Å². The van der Waals surface area contributed by atoms with Gasteiger partial charge in [0.1, 0.15) is 0 Å². The van der Waals surface area contributed by atoms with E-state index in [0.717, 1.165) is 38.9 Å². The van der Waals surface area contributed by atoms with Gasteiger partial charge in [0.15, 0.2) is 0 Å². The fraction of sp³-hybridized carbons (Fsp3) is 1.00. The Balaban J connectivity index is 3.17. The summed E-state index contributed by atoms with van der Waals surface area (Å²) in [6.45, 7) is 1.08. The lowest BCUT2D eigenvalue weighted by molar-refractivity contribution is -0.00256. The summed E-state index contributed by atoms with van der Waals surface area (Å²) in [7, 11) is 0. The van der Waals surface area contributed by atoms with Gasteiger partial charge in [-0.1, -0.05) is 205 Å². The standard InChI is InChI=1S/C46H94O7/c47-39-45(40-48,41-49)35-31-27-23-19-15-11-7-3-1-5-9-13-17-21-25-29-33-37-53-38-34-30-26-22-18-14-10-6-2-4-8-12-16-20-24-28-32-36-46(42-50,43-51)44-52/h47-52H,1-44H2. The molecule has 0 heterocycles. The van der Waals surface area contributed by atoms with Gasteiger partial charge in [-0.25, -0.2) is 0 Å². The van der Waals surface area contributed by atoms with Gasteiger partial charge in [0.05, 0.1) is 39.6 Å². The first-order valence-electron chi connectivity index (χ1n) is 23.3. The summed E-state index contributed by atoms with van der Waals surface area (Å²) in [4.78, 5) is 0. The predicted molar refractivity (Wildman–Crippen MR) is 224 cm³/mol. The smallest absolute Gasteiger partial charge is 0.0531 e. The van der Waals surface area contributed by atoms with Crippen LogP contribution in [0.15, 0.2) is 0 Å². The third-order valence-electron chi connectivity index (χ3n) is 12.0. The Labute approximate surface area is 329 Å². The van der Waals surface area contributed by atoms with E-state index in [1.165, 1.54) is 193 Å². The van der Waals surface area contributed by atoms with E-state index in [-0.39, 0.29) is 39.6 Å². The molecule has 0 bridgehead atoms. The third-order valence-corrected chi connectivity index (χ3v) is 12.0. The maximum Gasteiger partial charge on any atom is 0.0531 e. The Bertz CT molecular complexity index is 610. The monoisotopic (exact) mass is 759 g/mol. The molecular formula is C46H94O7. The van der Waals surface area contributed by atoms with Crippen molar-refractivity contribution in [2.45, 2.75) is 231 Å². The zero-order valence-electron chi connectivity index (χ0n) is 35.2. The van der Waals surface area contributed by atoms with Crippen LogP contribution in [0, 0.1) is 10.8 Å². The summed E-state index contributed by atoms with van der Waals surface area (Å²) < 4.78 is 5.89. The molecule has 0 saturated heterocycles. The second kappa shape index (κ2) is 41.4. The van der Waals surface area contributed by atoms with Crippen molar-refractivity contribution < 1.29 is 35.4 Å². The SMILES string of the molecule is OCC(CO)(CO)CCCCCCCCCCCCCCCCCCCOCCCCCCCCCCCCCCCCCCCC(CO)(CO)CO. The van der Waals surface area contributed by atoms with E-state index in [1.807, 2.05) is 0 Å². The van der Waals surface area contributed by atoms with Gasteiger partial charge in [0, 0.05) is 24.0 Å². The van der Waals surface area contributed by atoms with Gasteiger partial charge in [-0.15, -0.1) is 0 Å². The Hall–Kier alpha value is -0.280. The minimum absolute atomic E-state index is 0.136. The molecule has 7 heteroatoms. The number of hydrogen-bond donors (Lipinski definition) is 6. The Morgan fingerprint density at radius 3 is 0.528 bits per heavy atom. The van der Waals surface area contributed by atoms with E-state index in [1.54, 1.807) is 0 Å². The molecule has 0 aliphatic heterocycles. The molecule has 6 N–H and O–H groups in total. The molecule has 0 amide bonds. The molecule has 7 nitrogen and oxygen atoms in total. The fourth-order valence-electron chi connectivity index (χ4n) is 7.59. The summed E-state index contributed by atoms with van der Waals surface area (Å²) in [6, 6.07) is 0. The Kier molecular flexibility index (Phi) is 41.1. The summed E-state index contributed by atoms with van der Waals surface area (Å²) in [5.74, 6) is 0. The summed E-state index contributed by atoms with van der Waals surface area (Å²) in [5.41, 5.74) is -1.38. The second-order valence-electron chi connectivity index (χ2n) is 17.1. The zero-order valence-corrected chi connectivity index (χ0v) is 35.2. The molecule has 0 atom stereocenters. The van der Waals surface area contributed by atoms with E-state index >= 15 is 0 Å². The lowest BCUT2D eigenvalue weighted by Crippen LogP contribution is -2.33. The molecule has 0 spiro atoms. The van der Waals surface area contributed by atoms with Crippen molar-refractivity contribution in [3.8, 4) is 0 Å². The molecule has 0 aromatic rings. The molecule has 0 aromatic carbocycles. The second-order valence-corrected chi connectivity index (χ2v) is 17.1. The topological polar surface area (TPSA) is 131 Å². The van der Waals surface area contributed by atoms with Crippen molar-refractivity contribution >= 4 is 0 Å². The summed E-state index contributed by atoms with van der Waals surface area (Å²) in [5, 5.41) is 56.4. The van der Waals surface area contributed by atoms with Crippen LogP contribution in [0.4, 0.5) is 0 Å². The Morgan fingerprint density at radius 2 is 0.358 bits per heavy atom. The number of aliphatic hydroxyl groups excluding tert-OH is 6. The number of unbranched alkanes of at least 4 members (excludes halogenated alkanes) is 32. The van der Waals surface area contributed by atoms with E-state index in [9.17, 15) is 30.6 Å². The number of aliphatic hydroxyl groups is 6. The highest BCUT2D eigenvalue weighted by molar-refractivity contribution is 4.77. The van der Waals surface area contributed by atoms with Crippen molar-refractivity contribution in [3.05, 3.63) is 0 Å². The highest BCUT2D eigenvalue weighted by Crippen LogP contribution is 2.25. The molecule has 0 saturated carbocycles. The normalized spacial score (nSPS) is 12.3. The van der Waals surface area contributed by atoms with Gasteiger partial charge in [0.25, 0.3) is 0 Å². The van der Waals surface area contributed by atoms with Gasteiger partial charge < -0.3 is 35.4 Å². The molecule has 53 heavy (non-hydrogen) atoms. The first-order chi connectivity index (χ1) is 26.1. The molecule has 0 fully saturated rings. The van der Waals surface area contributed by atoms with E-state index in [0.29, 0.717) is 12.8 Å². The van der Waals surface area contributed by atoms with Gasteiger partial charge in [-0.2, -0.15) is 0 Å². The maximum atomic E-state index is 9.39. The van der Waals surface area contributed by atoms with E-state index in [2.05, 4.69) is 0 Å². The fourth-order valence-corrected chi connectivity index (χ4v) is 7.59. The van der Waals surface area contributed by atoms with Gasteiger partial charge in [-0.3, -0.25) is 0 Å². The molecule has 320 valence electrons. The number of hydrogen-bond acceptors (Lipinski definition) is 7. The molecule has 0 aliphatic rings. The molecular weight excluding hydrogens is 664 g/mol. The van der Waals surface area contributed by atoms with Crippen LogP contribution in [0.3, 0.4) is 0 Å². The molecule has 0 aromatic heterocycles. The van der Waals surface area contributed by atoms with Crippen LogP contribution < -0.4 is 0 Å². The molecule has 0 radical (unpaired) electrons. The van der Waals surface area contributed by atoms with E-state index in [4.69, 9.17) is 4.74 Å². The minimum Gasteiger partial charge on any atom is -0.396 e. The van der Waals surface area contributed by atoms with Gasteiger partial charge >= 0.3 is 0 Å². The van der Waals surface area contributed by atoms with Crippen molar-refractivity contribution in [3.63, 3.8) is 0 Å². The first kappa shape index (κ1) is 52.7. The average molecular weight is 759 g/mol. The Morgan fingerprint density at radius 1 is 0.208 bits per heavy atom. The highest BCUT2D eigenvalue weighted by atomic mass is 16.5. The van der Waals surface area contributed by atoms with Gasteiger partial charge in [-0.05, 0) is 25.7 Å². The highest BCUT2D eigenvalue weighted by Gasteiger charge is 2.27. The van der Waals surface area contributed by atoms with Crippen molar-refractivity contribution in [1.29, 1.82) is 0 Å². The van der Waals surface area contributed by atoms with Crippen LogP contribution in [0.2, 0.25) is 0 Å². The van der Waals surface area contributed by atoms with Gasteiger partial charge in [0.2, 0.25) is 0 Å². The lowest BCUT2D eigenvalue weighted by Gasteiger charge is -2.27. The molecule has 0 rings (SSSR count). The van der Waals surface area contributed by atoms with Crippen LogP contribution in [0.1, 0.15) is 231 Å². The van der Waals surface area contributed by atoms with Crippen molar-refractivity contribution in [2.24, 2.45) is 10.8 Å². The van der Waals surface area contributed by atoms with Crippen LogP contribution in [-0.2, 0) is 4.74 Å². The van der Waals surface area contributed by atoms with Crippen molar-refractivity contribution in [1.82, 2.24) is 0 Å². The lowest BCUT2D eigenvalue weighted by atomic mass is 9.85. The van der Waals surface area contributed by atoms with Crippen molar-refractivity contribution in [2.75, 3.05) is 52.9 Å². The molecule has 0 aliphatic carbocycles. The third kappa shape index (κ3) is 33.6. The zero-order chi connectivity index (χ0) is 38.8. The number of ether oxygens (including phenoxy) is 1. The summed E-state index contributed by atoms with van der Waals surface area (Å²) in [6.07, 6.45) is 46.0. The predicted octanol–water partition coefficient (Wildman–Crippen LogP) is 11.0. The largest absolute Gasteiger partial charge is 0.396 e. The first-order valence-corrected chi connectivity index (χ1v) is 23.3.